The molecule has 1 fully saturated rings. The Morgan fingerprint density at radius 2 is 0.500 bits per heavy atom. The van der Waals surface area contributed by atoms with Crippen LogP contribution in [0.3, 0.4) is 0 Å². The summed E-state index contributed by atoms with van der Waals surface area (Å²) in [6, 6.07) is 0. The highest BCUT2D eigenvalue weighted by Crippen LogP contribution is 2.38. The topological polar surface area (TPSA) is 0 Å². The molecule has 0 saturated heterocycles. The van der Waals surface area contributed by atoms with Gasteiger partial charge in [-0.25, -0.2) is 0 Å². The zero-order chi connectivity index (χ0) is 56.4. The molecule has 0 aromatic carbocycles. The Kier molecular flexibility index (Phi) is 35.5. The Balaban J connectivity index is 0.000000432. The summed E-state index contributed by atoms with van der Waals surface area (Å²) in [4.78, 5) is 0. The van der Waals surface area contributed by atoms with Gasteiger partial charge in [0.05, 0.1) is 0 Å². The molecule has 1 saturated carbocycles. The van der Waals surface area contributed by atoms with Gasteiger partial charge in [-0.3, -0.25) is 0 Å². The van der Waals surface area contributed by atoms with E-state index in [1.807, 2.05) is 0 Å². The van der Waals surface area contributed by atoms with E-state index in [2.05, 4.69) is 210 Å². The van der Waals surface area contributed by atoms with Gasteiger partial charge in [0.1, 0.15) is 0 Å². The average molecular weight is 1030 g/mol. The number of rotatable bonds is 7. The first-order chi connectivity index (χ1) is 34.5. The molecule has 0 spiro atoms. The number of hydrogen-bond donors (Lipinski definition) is 0. The second-order valence-electron chi connectivity index (χ2n) is 29.4. The highest BCUT2D eigenvalue weighted by molar-refractivity contribution is 5.08. The minimum absolute atomic E-state index is 0.856. The molecule has 74 heavy (non-hydrogen) atoms. The van der Waals surface area contributed by atoms with Crippen molar-refractivity contribution in [2.75, 3.05) is 0 Å². The predicted octanol–water partition coefficient (Wildman–Crippen LogP) is 24.8. The Morgan fingerprint density at radius 3 is 0.676 bits per heavy atom. The zero-order valence-corrected chi connectivity index (χ0v) is 55.2. The van der Waals surface area contributed by atoms with Crippen LogP contribution in [0.25, 0.3) is 0 Å². The van der Waals surface area contributed by atoms with Crippen LogP contribution in [-0.2, 0) is 0 Å². The van der Waals surface area contributed by atoms with E-state index in [9.17, 15) is 0 Å². The molecule has 0 aliphatic heterocycles. The van der Waals surface area contributed by atoms with Gasteiger partial charge in [0, 0.05) is 0 Å². The van der Waals surface area contributed by atoms with E-state index < -0.39 is 0 Å². The molecule has 0 amide bonds. The molecule has 0 radical (unpaired) electrons. The summed E-state index contributed by atoms with van der Waals surface area (Å²) >= 11 is 0. The van der Waals surface area contributed by atoms with Gasteiger partial charge < -0.3 is 0 Å². The monoisotopic (exact) mass is 1030 g/mol. The third-order valence-electron chi connectivity index (χ3n) is 20.1. The van der Waals surface area contributed by atoms with Crippen molar-refractivity contribution in [2.24, 2.45) is 112 Å². The molecule has 432 valence electrons. The highest BCUT2D eigenvalue weighted by atomic mass is 14.3. The summed E-state index contributed by atoms with van der Waals surface area (Å²) in [5.74, 6) is 17.4. The van der Waals surface area contributed by atoms with Gasteiger partial charge >= 0.3 is 0 Å². The van der Waals surface area contributed by atoms with Gasteiger partial charge in [-0.2, -0.15) is 0 Å². The van der Waals surface area contributed by atoms with Crippen molar-refractivity contribution < 1.29 is 0 Å². The minimum Gasteiger partial charge on any atom is -0.0853 e. The van der Waals surface area contributed by atoms with E-state index in [-0.39, 0.29) is 0 Å². The van der Waals surface area contributed by atoms with Crippen LogP contribution >= 0.6 is 0 Å². The van der Waals surface area contributed by atoms with Crippen LogP contribution in [0.5, 0.6) is 0 Å². The van der Waals surface area contributed by atoms with Crippen LogP contribution in [0.1, 0.15) is 289 Å². The van der Waals surface area contributed by atoms with Gasteiger partial charge in [-0.15, -0.1) is 0 Å². The van der Waals surface area contributed by atoms with Crippen molar-refractivity contribution in [3.05, 3.63) is 69.9 Å². The molecule has 7 rings (SSSR count). The molecule has 0 nitrogen and oxygen atoms in total. The van der Waals surface area contributed by atoms with Crippen molar-refractivity contribution in [2.45, 2.75) is 289 Å². The lowest BCUT2D eigenvalue weighted by atomic mass is 9.75. The largest absolute Gasteiger partial charge is 0.0853 e. The summed E-state index contributed by atoms with van der Waals surface area (Å²) in [6.07, 6.45) is 39.1. The molecule has 0 heterocycles. The lowest BCUT2D eigenvalue weighted by Gasteiger charge is -2.30. The van der Waals surface area contributed by atoms with E-state index in [1.54, 1.807) is 33.4 Å². The second kappa shape index (κ2) is 37.3. The fourth-order valence-electron chi connectivity index (χ4n) is 14.1. The molecular formula is C74H136. The number of allylic oxidation sites excluding steroid dienone is 12. The quantitative estimate of drug-likeness (QED) is 0.223. The molecule has 10 atom stereocenters. The summed E-state index contributed by atoms with van der Waals surface area (Å²) in [5.41, 5.74) is 9.56. The van der Waals surface area contributed by atoms with E-state index in [0.717, 1.165) is 112 Å². The Morgan fingerprint density at radius 1 is 0.270 bits per heavy atom. The lowest BCUT2D eigenvalue weighted by Crippen LogP contribution is -2.20. The molecule has 0 aromatic heterocycles. The summed E-state index contributed by atoms with van der Waals surface area (Å²) in [7, 11) is 0. The molecule has 7 aliphatic rings. The minimum atomic E-state index is 0.856. The average Bonchev–Trinajstić information content (AvgIpc) is 3.30. The zero-order valence-electron chi connectivity index (χ0n) is 55.2. The van der Waals surface area contributed by atoms with Crippen molar-refractivity contribution >= 4 is 0 Å². The van der Waals surface area contributed by atoms with Crippen LogP contribution in [0.2, 0.25) is 0 Å². The summed E-state index contributed by atoms with van der Waals surface area (Å²) in [6.45, 7) is 58.3. The summed E-state index contributed by atoms with van der Waals surface area (Å²) < 4.78 is 0. The predicted molar refractivity (Wildman–Crippen MR) is 340 cm³/mol. The van der Waals surface area contributed by atoms with Crippen LogP contribution in [0, 0.1) is 112 Å². The van der Waals surface area contributed by atoms with Crippen molar-refractivity contribution in [1.29, 1.82) is 0 Å². The van der Waals surface area contributed by atoms with Crippen molar-refractivity contribution in [1.82, 2.24) is 0 Å². The molecule has 0 aromatic rings. The van der Waals surface area contributed by atoms with E-state index >= 15 is 0 Å². The van der Waals surface area contributed by atoms with Gasteiger partial charge in [-0.05, 0) is 257 Å². The highest BCUT2D eigenvalue weighted by Gasteiger charge is 2.26. The molecular weight excluding hydrogens is 889 g/mol. The molecule has 0 bridgehead atoms. The van der Waals surface area contributed by atoms with E-state index in [0.29, 0.717) is 0 Å². The van der Waals surface area contributed by atoms with Crippen molar-refractivity contribution in [3.8, 4) is 0 Å². The fourth-order valence-corrected chi connectivity index (χ4v) is 14.1. The molecule has 0 heteroatoms. The van der Waals surface area contributed by atoms with Gasteiger partial charge in [-0.1, -0.05) is 214 Å². The normalized spacial score (nSPS) is 31.1. The maximum Gasteiger partial charge on any atom is -0.0294 e. The van der Waals surface area contributed by atoms with Crippen molar-refractivity contribution in [3.63, 3.8) is 0 Å². The first-order valence-corrected chi connectivity index (χ1v) is 32.5. The first kappa shape index (κ1) is 70.5. The van der Waals surface area contributed by atoms with Crippen LogP contribution < -0.4 is 0 Å². The van der Waals surface area contributed by atoms with Gasteiger partial charge in [0.25, 0.3) is 0 Å². The SMILES string of the molecule is CC1=CCC(C(C)C)[C@@H](C)C1.CC1=CC[C@@H](C(C)C)CC1.CC1=CC[C@@H](C(C)C)[C@@H](C)C1.CC1=CC[C@@H](C(C)C)[C@H](C)C1.CC1=CC[C@@H](C(C)C)[C@H](C)C1.CC1=CC[C@H](C(C)C)CC1.CC1CCC(C(C)C)CC1. The van der Waals surface area contributed by atoms with Crippen LogP contribution in [-0.4, -0.2) is 0 Å². The molecule has 0 N–H and O–H groups in total. The molecule has 7 aliphatic carbocycles. The second-order valence-corrected chi connectivity index (χ2v) is 29.4. The van der Waals surface area contributed by atoms with E-state index in [1.165, 1.54) is 116 Å². The maximum atomic E-state index is 2.42. The van der Waals surface area contributed by atoms with Gasteiger partial charge in [0.2, 0.25) is 0 Å². The van der Waals surface area contributed by atoms with Crippen LogP contribution in [0.15, 0.2) is 69.9 Å². The number of hydrogen-bond acceptors (Lipinski definition) is 0. The third-order valence-corrected chi connectivity index (χ3v) is 20.1. The smallest absolute Gasteiger partial charge is 0.0294 e. The van der Waals surface area contributed by atoms with Gasteiger partial charge in [0.15, 0.2) is 0 Å². The van der Waals surface area contributed by atoms with Crippen LogP contribution in [0.4, 0.5) is 0 Å². The van der Waals surface area contributed by atoms with E-state index in [4.69, 9.17) is 0 Å². The fraction of sp³-hybridized carbons (Fsp3) is 0.838. The Hall–Kier alpha value is -1.56. The molecule has 1 unspecified atom stereocenters. The maximum absolute atomic E-state index is 2.42. The summed E-state index contributed by atoms with van der Waals surface area (Å²) in [5, 5.41) is 0. The lowest BCUT2D eigenvalue weighted by molar-refractivity contribution is 0.234. The third kappa shape index (κ3) is 28.9. The first-order valence-electron chi connectivity index (χ1n) is 32.5. The Bertz CT molecular complexity index is 1460. The Labute approximate surface area is 468 Å². The standard InChI is InChI=1S/4C11H20.C10H20.2C10H18/c4*1-8(2)11-6-5-9(3)7-10(11)4;3*1-8(2)10-6-4-9(3)5-7-10/h4*5,8,10-11H,6-7H2,1-4H3;8-10H,4-7H2,1-3H3;2*4,8,10H,5-7H2,1-3H3/t10-,11?;2*10-,11+;10-,11-;;2*10-/m0110.10/s1.